The van der Waals surface area contributed by atoms with Gasteiger partial charge in [0.25, 0.3) is 5.91 Å². The summed E-state index contributed by atoms with van der Waals surface area (Å²) in [4.78, 5) is 11.0. The first-order chi connectivity index (χ1) is 6.33. The van der Waals surface area contributed by atoms with Crippen molar-refractivity contribution in [3.63, 3.8) is 0 Å². The summed E-state index contributed by atoms with van der Waals surface area (Å²) >= 11 is 1.21. The highest BCUT2D eigenvalue weighted by Gasteiger charge is 2.10. The summed E-state index contributed by atoms with van der Waals surface area (Å²) < 4.78 is 4.80. The number of hydrogen-bond acceptors (Lipinski definition) is 4. The normalized spacial score (nSPS) is 10.2. The van der Waals surface area contributed by atoms with Gasteiger partial charge >= 0.3 is 0 Å². The zero-order valence-electron chi connectivity index (χ0n) is 6.48. The monoisotopic (exact) mass is 193 g/mol. The standard InChI is InChI=1S/C8H5N2O2S/c11-8(9-12)7-5-3-1-2-4-6(5)13-10-7/h1-4H,(H-,9,10,11,12)/q-1. The van der Waals surface area contributed by atoms with Gasteiger partial charge in [0.15, 0.2) is 0 Å². The molecule has 1 aromatic heterocycles. The van der Waals surface area contributed by atoms with Crippen molar-refractivity contribution in [3.8, 4) is 0 Å². The summed E-state index contributed by atoms with van der Waals surface area (Å²) in [6.45, 7) is 0. The maximum absolute atomic E-state index is 11.0. The molecule has 0 fully saturated rings. The maximum Gasteiger partial charge on any atom is 0.261 e. The van der Waals surface area contributed by atoms with Crippen LogP contribution in [0.1, 0.15) is 10.5 Å². The number of nitrogens with zero attached hydrogens (tertiary/aromatic N) is 1. The summed E-state index contributed by atoms with van der Waals surface area (Å²) in [6.07, 6.45) is 0. The summed E-state index contributed by atoms with van der Waals surface area (Å²) in [5.41, 5.74) is 1.52. The van der Waals surface area contributed by atoms with E-state index in [-0.39, 0.29) is 5.69 Å². The largest absolute Gasteiger partial charge is 0.759 e. The Morgan fingerprint density at radius 2 is 2.23 bits per heavy atom. The fourth-order valence-corrected chi connectivity index (χ4v) is 1.87. The van der Waals surface area contributed by atoms with E-state index in [2.05, 4.69) is 4.37 Å². The van der Waals surface area contributed by atoms with E-state index in [1.54, 1.807) is 12.1 Å². The number of benzene rings is 1. The molecule has 0 aliphatic carbocycles. The number of nitrogens with one attached hydrogen (secondary N) is 1. The second kappa shape index (κ2) is 3.12. The molecular formula is C8H5N2O2S-. The van der Waals surface area contributed by atoms with E-state index in [4.69, 9.17) is 0 Å². The summed E-state index contributed by atoms with van der Waals surface area (Å²) in [6, 6.07) is 7.29. The van der Waals surface area contributed by atoms with E-state index >= 15 is 0 Å². The molecule has 0 aliphatic heterocycles. The van der Waals surface area contributed by atoms with E-state index in [0.29, 0.717) is 0 Å². The molecule has 0 bridgehead atoms. The predicted octanol–water partition coefficient (Wildman–Crippen LogP) is 1.52. The van der Waals surface area contributed by atoms with Gasteiger partial charge in [-0.25, -0.2) is 0 Å². The summed E-state index contributed by atoms with van der Waals surface area (Å²) in [5, 5.41) is 10.9. The van der Waals surface area contributed by atoms with Crippen LogP contribution in [-0.4, -0.2) is 10.3 Å². The lowest BCUT2D eigenvalue weighted by molar-refractivity contribution is 0.0968. The van der Waals surface area contributed by atoms with Gasteiger partial charge in [0, 0.05) is 5.39 Å². The van der Waals surface area contributed by atoms with Crippen molar-refractivity contribution in [3.05, 3.63) is 35.2 Å². The molecule has 2 rings (SSSR count). The van der Waals surface area contributed by atoms with Crippen molar-refractivity contribution in [2.45, 2.75) is 0 Å². The van der Waals surface area contributed by atoms with Crippen LogP contribution >= 0.6 is 11.5 Å². The minimum absolute atomic E-state index is 0.204. The van der Waals surface area contributed by atoms with E-state index in [1.807, 2.05) is 12.1 Å². The van der Waals surface area contributed by atoms with Crippen molar-refractivity contribution < 1.29 is 4.79 Å². The SMILES string of the molecule is O=C(N[O-])c1nsc2ccccc12. The highest BCUT2D eigenvalue weighted by atomic mass is 32.1. The number of carbonyl (C=O) groups is 1. The third kappa shape index (κ3) is 1.28. The fraction of sp³-hybridized carbons (Fsp3) is 0. The Labute approximate surface area is 77.9 Å². The smallest absolute Gasteiger partial charge is 0.261 e. The Balaban J connectivity index is 2.64. The van der Waals surface area contributed by atoms with Crippen molar-refractivity contribution in [2.24, 2.45) is 0 Å². The van der Waals surface area contributed by atoms with Crippen LogP contribution in [-0.2, 0) is 0 Å². The lowest BCUT2D eigenvalue weighted by Crippen LogP contribution is -2.16. The van der Waals surface area contributed by atoms with Crippen LogP contribution in [0.25, 0.3) is 10.1 Å². The zero-order valence-corrected chi connectivity index (χ0v) is 7.30. The minimum Gasteiger partial charge on any atom is -0.759 e. The first-order valence-corrected chi connectivity index (χ1v) is 4.37. The van der Waals surface area contributed by atoms with Gasteiger partial charge in [0.2, 0.25) is 0 Å². The topological polar surface area (TPSA) is 65.0 Å². The molecular weight excluding hydrogens is 188 g/mol. The van der Waals surface area contributed by atoms with Gasteiger partial charge in [-0.3, -0.25) is 4.79 Å². The molecule has 5 heteroatoms. The maximum atomic E-state index is 11.0. The molecule has 0 atom stereocenters. The molecule has 1 heterocycles. The Bertz CT molecular complexity index is 452. The van der Waals surface area contributed by atoms with Gasteiger partial charge < -0.3 is 10.7 Å². The predicted molar refractivity (Wildman–Crippen MR) is 50.5 cm³/mol. The molecule has 1 aromatic carbocycles. The van der Waals surface area contributed by atoms with Gasteiger partial charge in [-0.15, -0.1) is 0 Å². The lowest BCUT2D eigenvalue weighted by Gasteiger charge is -2.03. The number of hydrogen-bond donors (Lipinski definition) is 1. The number of aromatic nitrogens is 1. The minimum atomic E-state index is -0.683. The van der Waals surface area contributed by atoms with Crippen LogP contribution in [0.3, 0.4) is 0 Å². The number of carbonyl (C=O) groups excluding carboxylic acids is 1. The third-order valence-electron chi connectivity index (χ3n) is 1.69. The average molecular weight is 193 g/mol. The molecule has 0 saturated heterocycles. The van der Waals surface area contributed by atoms with Crippen LogP contribution < -0.4 is 5.48 Å². The fourth-order valence-electron chi connectivity index (χ4n) is 1.10. The van der Waals surface area contributed by atoms with Crippen LogP contribution in [0, 0.1) is 5.21 Å². The van der Waals surface area contributed by atoms with E-state index < -0.39 is 5.91 Å². The summed E-state index contributed by atoms with van der Waals surface area (Å²) in [7, 11) is 0. The third-order valence-corrected chi connectivity index (χ3v) is 2.51. The number of amides is 1. The second-order valence-corrected chi connectivity index (χ2v) is 3.26. The van der Waals surface area contributed by atoms with Crippen LogP contribution in [0.2, 0.25) is 0 Å². The molecule has 1 N–H and O–H groups in total. The van der Waals surface area contributed by atoms with Crippen molar-refractivity contribution in [1.29, 1.82) is 0 Å². The van der Waals surface area contributed by atoms with Gasteiger partial charge in [-0.05, 0) is 17.6 Å². The number of fused-ring (bicyclic) bond motifs is 1. The molecule has 0 spiro atoms. The van der Waals surface area contributed by atoms with Crippen molar-refractivity contribution in [2.75, 3.05) is 0 Å². The van der Waals surface area contributed by atoms with E-state index in [1.165, 1.54) is 17.0 Å². The molecule has 0 aliphatic rings. The molecule has 0 radical (unpaired) electrons. The lowest BCUT2D eigenvalue weighted by atomic mass is 10.2. The van der Waals surface area contributed by atoms with Crippen molar-refractivity contribution in [1.82, 2.24) is 9.85 Å². The quantitative estimate of drug-likeness (QED) is 0.698. The zero-order chi connectivity index (χ0) is 9.26. The van der Waals surface area contributed by atoms with Gasteiger partial charge in [-0.2, -0.15) is 4.37 Å². The Hall–Kier alpha value is -1.46. The van der Waals surface area contributed by atoms with E-state index in [0.717, 1.165) is 10.1 Å². The van der Waals surface area contributed by atoms with Gasteiger partial charge in [-0.1, -0.05) is 18.2 Å². The van der Waals surface area contributed by atoms with Crippen LogP contribution in [0.5, 0.6) is 0 Å². The first-order valence-electron chi connectivity index (χ1n) is 3.60. The molecule has 0 unspecified atom stereocenters. The Morgan fingerprint density at radius 3 is 3.00 bits per heavy atom. The average Bonchev–Trinajstić information content (AvgIpc) is 2.60. The highest BCUT2D eigenvalue weighted by Crippen LogP contribution is 2.21. The second-order valence-electron chi connectivity index (χ2n) is 2.46. The molecule has 4 nitrogen and oxygen atoms in total. The van der Waals surface area contributed by atoms with Crippen molar-refractivity contribution >= 4 is 27.5 Å². The van der Waals surface area contributed by atoms with Gasteiger partial charge in [0.1, 0.15) is 5.69 Å². The molecule has 1 amide bonds. The number of hydroxylamine groups is 1. The number of rotatable bonds is 1. The highest BCUT2D eigenvalue weighted by molar-refractivity contribution is 7.13. The molecule has 13 heavy (non-hydrogen) atoms. The summed E-state index contributed by atoms with van der Waals surface area (Å²) in [5.74, 6) is -0.683. The Morgan fingerprint density at radius 1 is 1.46 bits per heavy atom. The van der Waals surface area contributed by atoms with Gasteiger partial charge in [0.05, 0.1) is 4.70 Å². The first kappa shape index (κ1) is 8.15. The molecule has 2 aromatic rings. The van der Waals surface area contributed by atoms with E-state index in [9.17, 15) is 10.0 Å². The van der Waals surface area contributed by atoms with Crippen LogP contribution in [0.15, 0.2) is 24.3 Å². The Kier molecular flexibility index (Phi) is 1.96. The van der Waals surface area contributed by atoms with Crippen LogP contribution in [0.4, 0.5) is 0 Å². The molecule has 0 saturated carbocycles. The molecule has 66 valence electrons.